The number of nitro benzene ring substituents is 1. The Morgan fingerprint density at radius 3 is 2.55 bits per heavy atom. The molecule has 1 N–H and O–H groups in total. The average Bonchev–Trinajstić information content (AvgIpc) is 3.05. The lowest BCUT2D eigenvalue weighted by molar-refractivity contribution is -0.385. The summed E-state index contributed by atoms with van der Waals surface area (Å²) in [6.45, 7) is -0.270. The van der Waals surface area contributed by atoms with Crippen LogP contribution in [0, 0.1) is 10.1 Å². The zero-order valence-corrected chi connectivity index (χ0v) is 11.9. The van der Waals surface area contributed by atoms with Gasteiger partial charge in [0.15, 0.2) is 11.5 Å². The summed E-state index contributed by atoms with van der Waals surface area (Å²) in [6.07, 6.45) is 3.74. The Morgan fingerprint density at radius 1 is 1.32 bits per heavy atom. The van der Waals surface area contributed by atoms with E-state index in [-0.39, 0.29) is 23.6 Å². The lowest BCUT2D eigenvalue weighted by atomic mass is 10.1. The number of nitro groups is 1. The molecule has 2 rings (SSSR count). The van der Waals surface area contributed by atoms with Crippen molar-refractivity contribution in [3.8, 4) is 11.5 Å². The van der Waals surface area contributed by atoms with Crippen molar-refractivity contribution >= 4 is 11.8 Å². The zero-order chi connectivity index (χ0) is 16.1. The maximum absolute atomic E-state index is 11.7. The third kappa shape index (κ3) is 3.14. The third-order valence-corrected chi connectivity index (χ3v) is 2.89. The molecule has 0 saturated heterocycles. The van der Waals surface area contributed by atoms with Crippen molar-refractivity contribution in [1.29, 1.82) is 0 Å². The second kappa shape index (κ2) is 6.57. The summed E-state index contributed by atoms with van der Waals surface area (Å²) in [5.41, 5.74) is -0.0170. The number of rotatable bonds is 5. The van der Waals surface area contributed by atoms with Crippen molar-refractivity contribution < 1.29 is 28.9 Å². The van der Waals surface area contributed by atoms with Gasteiger partial charge in [-0.15, -0.1) is 4.57 Å². The van der Waals surface area contributed by atoms with Crippen molar-refractivity contribution in [3.05, 3.63) is 46.5 Å². The highest BCUT2D eigenvalue weighted by molar-refractivity contribution is 5.70. The topological polar surface area (TPSA) is 107 Å². The van der Waals surface area contributed by atoms with Crippen LogP contribution in [-0.4, -0.2) is 29.8 Å². The molecule has 0 aliphatic carbocycles. The van der Waals surface area contributed by atoms with Gasteiger partial charge in [-0.05, 0) is 6.07 Å². The van der Waals surface area contributed by atoms with E-state index in [4.69, 9.17) is 14.2 Å². The smallest absolute Gasteiger partial charge is 0.493 e. The fourth-order valence-corrected chi connectivity index (χ4v) is 1.81. The van der Waals surface area contributed by atoms with Crippen molar-refractivity contribution in [3.63, 3.8) is 0 Å². The number of H-pyrrole nitrogens is 1. The standard InChI is InChI=1S/C13H13N3O6/c1-20-11-5-9(10(16(18)19)6-12(11)21-2)7-22-13(17)15-4-3-14-8-15/h3-6,8H,7H2,1-2H3/p+1. The highest BCUT2D eigenvalue weighted by atomic mass is 16.6. The molecule has 0 bridgehead atoms. The summed E-state index contributed by atoms with van der Waals surface area (Å²) in [4.78, 5) is 25.0. The summed E-state index contributed by atoms with van der Waals surface area (Å²) < 4.78 is 16.3. The van der Waals surface area contributed by atoms with E-state index in [2.05, 4.69) is 4.98 Å². The predicted octanol–water partition coefficient (Wildman–Crippen LogP) is 1.41. The molecule has 9 heteroatoms. The number of carbonyl (C=O) groups excluding carboxylic acids is 1. The molecule has 0 aliphatic heterocycles. The second-order valence-electron chi connectivity index (χ2n) is 4.17. The Morgan fingerprint density at radius 2 is 2.00 bits per heavy atom. The fourth-order valence-electron chi connectivity index (χ4n) is 1.81. The quantitative estimate of drug-likeness (QED) is 0.610. The summed E-state index contributed by atoms with van der Waals surface area (Å²) in [7, 11) is 2.79. The van der Waals surface area contributed by atoms with Crippen LogP contribution in [-0.2, 0) is 11.3 Å². The zero-order valence-electron chi connectivity index (χ0n) is 11.9. The van der Waals surface area contributed by atoms with Gasteiger partial charge >= 0.3 is 6.09 Å². The van der Waals surface area contributed by atoms with Gasteiger partial charge in [0.2, 0.25) is 0 Å². The summed E-state index contributed by atoms with van der Waals surface area (Å²) in [6, 6.07) is 2.64. The van der Waals surface area contributed by atoms with Gasteiger partial charge in [0.25, 0.3) is 12.0 Å². The molecule has 9 nitrogen and oxygen atoms in total. The number of aromatic amines is 1. The minimum atomic E-state index is -0.662. The molecule has 0 atom stereocenters. The van der Waals surface area contributed by atoms with Crippen molar-refractivity contribution in [1.82, 2.24) is 4.57 Å². The van der Waals surface area contributed by atoms with Gasteiger partial charge in [0, 0.05) is 0 Å². The molecule has 116 valence electrons. The second-order valence-corrected chi connectivity index (χ2v) is 4.17. The Balaban J connectivity index is 2.25. The molecule has 22 heavy (non-hydrogen) atoms. The maximum atomic E-state index is 11.7. The van der Waals surface area contributed by atoms with Gasteiger partial charge in [-0.1, -0.05) is 0 Å². The number of hydrogen-bond donors (Lipinski definition) is 0. The minimum absolute atomic E-state index is 0.201. The van der Waals surface area contributed by atoms with Crippen molar-refractivity contribution in [2.45, 2.75) is 6.61 Å². The molecule has 1 aromatic heterocycles. The van der Waals surface area contributed by atoms with Crippen LogP contribution in [0.25, 0.3) is 0 Å². The van der Waals surface area contributed by atoms with E-state index < -0.39 is 11.0 Å². The molecule has 2 aromatic rings. The van der Waals surface area contributed by atoms with Gasteiger partial charge in [-0.2, -0.15) is 4.79 Å². The largest absolute Gasteiger partial charge is 0.511 e. The van der Waals surface area contributed by atoms with Gasteiger partial charge in [-0.3, -0.25) is 10.1 Å². The molecule has 0 saturated carbocycles. The van der Waals surface area contributed by atoms with E-state index >= 15 is 0 Å². The third-order valence-electron chi connectivity index (χ3n) is 2.89. The lowest BCUT2D eigenvalue weighted by Crippen LogP contribution is -2.13. The molecule has 0 radical (unpaired) electrons. The molecule has 0 fully saturated rings. The lowest BCUT2D eigenvalue weighted by Gasteiger charge is -2.10. The van der Waals surface area contributed by atoms with Gasteiger partial charge < -0.3 is 14.2 Å². The fraction of sp³-hybridized carbons (Fsp3) is 0.231. The number of ether oxygens (including phenoxy) is 3. The normalized spacial score (nSPS) is 10.1. The van der Waals surface area contributed by atoms with Crippen molar-refractivity contribution in [2.75, 3.05) is 14.2 Å². The Bertz CT molecular complexity index is 683. The number of nitrogens with one attached hydrogen (secondary N) is 1. The van der Waals surface area contributed by atoms with Gasteiger partial charge in [0.1, 0.15) is 19.0 Å². The van der Waals surface area contributed by atoms with Crippen LogP contribution in [0.2, 0.25) is 0 Å². The predicted molar refractivity (Wildman–Crippen MR) is 72.8 cm³/mol. The average molecular weight is 308 g/mol. The summed E-state index contributed by atoms with van der Waals surface area (Å²) >= 11 is 0. The van der Waals surface area contributed by atoms with Crippen LogP contribution in [0.3, 0.4) is 0 Å². The van der Waals surface area contributed by atoms with Crippen LogP contribution in [0.4, 0.5) is 10.5 Å². The van der Waals surface area contributed by atoms with Gasteiger partial charge in [0.05, 0.1) is 30.8 Å². The Hall–Kier alpha value is -3.10. The first kappa shape index (κ1) is 15.3. The Labute approximate surface area is 125 Å². The highest BCUT2D eigenvalue weighted by Crippen LogP contribution is 2.34. The number of nitrogens with zero attached hydrogens (tertiary/aromatic N) is 2. The number of aromatic nitrogens is 2. The first-order valence-corrected chi connectivity index (χ1v) is 6.17. The van der Waals surface area contributed by atoms with Crippen LogP contribution >= 0.6 is 0 Å². The first-order chi connectivity index (χ1) is 10.6. The number of methoxy groups -OCH3 is 2. The van der Waals surface area contributed by atoms with E-state index in [1.54, 1.807) is 6.20 Å². The van der Waals surface area contributed by atoms with E-state index in [1.165, 1.54) is 43.4 Å². The molecule has 0 aliphatic rings. The van der Waals surface area contributed by atoms with E-state index in [9.17, 15) is 14.9 Å². The van der Waals surface area contributed by atoms with E-state index in [0.29, 0.717) is 5.75 Å². The number of benzene rings is 1. The van der Waals surface area contributed by atoms with E-state index in [1.807, 2.05) is 0 Å². The molecule has 1 heterocycles. The monoisotopic (exact) mass is 308 g/mol. The Kier molecular flexibility index (Phi) is 4.57. The SMILES string of the molecule is COc1cc(COC(=O)n2cc[nH+]c2)c([N+](=O)[O-])cc1OC. The number of hydrogen-bond acceptors (Lipinski definition) is 6. The summed E-state index contributed by atoms with van der Waals surface area (Å²) in [5, 5.41) is 11.1. The first-order valence-electron chi connectivity index (χ1n) is 6.17. The minimum Gasteiger partial charge on any atom is -0.493 e. The summed E-state index contributed by atoms with van der Waals surface area (Å²) in [5.74, 6) is 0.540. The molecule has 0 unspecified atom stereocenters. The van der Waals surface area contributed by atoms with Crippen LogP contribution in [0.1, 0.15) is 5.56 Å². The van der Waals surface area contributed by atoms with Gasteiger partial charge in [-0.25, -0.2) is 4.98 Å². The van der Waals surface area contributed by atoms with Crippen LogP contribution in [0.5, 0.6) is 11.5 Å². The van der Waals surface area contributed by atoms with Crippen LogP contribution < -0.4 is 14.5 Å². The maximum Gasteiger partial charge on any atom is 0.511 e. The molecule has 1 aromatic carbocycles. The molecular weight excluding hydrogens is 294 g/mol. The number of imidazole rings is 1. The molecule has 0 spiro atoms. The molecular formula is C13H14N3O6+. The highest BCUT2D eigenvalue weighted by Gasteiger charge is 2.21. The van der Waals surface area contributed by atoms with Crippen molar-refractivity contribution in [2.24, 2.45) is 0 Å². The molecule has 0 amide bonds. The van der Waals surface area contributed by atoms with Crippen LogP contribution in [0.15, 0.2) is 30.9 Å². The number of carbonyl (C=O) groups is 1. The van der Waals surface area contributed by atoms with E-state index in [0.717, 1.165) is 0 Å².